The van der Waals surface area contributed by atoms with Gasteiger partial charge in [0.25, 0.3) is 11.7 Å². The monoisotopic (exact) mass is 487 g/mol. The molecule has 1 aliphatic rings. The van der Waals surface area contributed by atoms with Crippen molar-refractivity contribution in [3.63, 3.8) is 0 Å². The van der Waals surface area contributed by atoms with Crippen molar-refractivity contribution in [1.82, 2.24) is 0 Å². The van der Waals surface area contributed by atoms with E-state index >= 15 is 0 Å². The molecule has 1 fully saturated rings. The minimum Gasteiger partial charge on any atom is -0.507 e. The van der Waals surface area contributed by atoms with E-state index in [1.807, 2.05) is 0 Å². The lowest BCUT2D eigenvalue weighted by molar-refractivity contribution is -0.132. The van der Waals surface area contributed by atoms with Crippen LogP contribution >= 0.6 is 15.9 Å². The zero-order chi connectivity index (χ0) is 22.4. The highest BCUT2D eigenvalue weighted by Gasteiger charge is 2.49. The van der Waals surface area contributed by atoms with Gasteiger partial charge in [-0.25, -0.2) is 8.78 Å². The highest BCUT2D eigenvalue weighted by molar-refractivity contribution is 9.10. The van der Waals surface area contributed by atoms with Crippen LogP contribution in [0.1, 0.15) is 28.7 Å². The van der Waals surface area contributed by atoms with Crippen molar-refractivity contribution < 1.29 is 27.9 Å². The fraction of sp³-hybridized carbons (Fsp3) is 0.130. The van der Waals surface area contributed by atoms with Gasteiger partial charge < -0.3 is 9.52 Å². The molecule has 5 nitrogen and oxygen atoms in total. The van der Waals surface area contributed by atoms with Crippen LogP contribution in [0.25, 0.3) is 5.76 Å². The molecule has 1 saturated heterocycles. The second-order valence-electron chi connectivity index (χ2n) is 7.18. The lowest BCUT2D eigenvalue weighted by Gasteiger charge is -2.23. The van der Waals surface area contributed by atoms with Gasteiger partial charge in [-0.1, -0.05) is 22.0 Å². The Morgan fingerprint density at radius 2 is 1.81 bits per heavy atom. The molecule has 3 aromatic rings. The Bertz CT molecular complexity index is 1260. The molecule has 2 aromatic carbocycles. The number of anilines is 1. The van der Waals surface area contributed by atoms with Crippen molar-refractivity contribution in [2.24, 2.45) is 0 Å². The molecule has 1 aliphatic heterocycles. The van der Waals surface area contributed by atoms with E-state index in [9.17, 15) is 23.5 Å². The molecule has 1 unspecified atom stereocenters. The van der Waals surface area contributed by atoms with E-state index in [-0.39, 0.29) is 17.0 Å². The largest absolute Gasteiger partial charge is 0.507 e. The summed E-state index contributed by atoms with van der Waals surface area (Å²) in [5.74, 6) is -3.66. The zero-order valence-corrected chi connectivity index (χ0v) is 18.0. The van der Waals surface area contributed by atoms with Gasteiger partial charge in [-0.05, 0) is 55.8 Å². The van der Waals surface area contributed by atoms with E-state index in [0.717, 1.165) is 27.1 Å². The van der Waals surface area contributed by atoms with Gasteiger partial charge in [0.05, 0.1) is 11.3 Å². The lowest BCUT2D eigenvalue weighted by Crippen LogP contribution is -2.30. The van der Waals surface area contributed by atoms with E-state index in [0.29, 0.717) is 17.4 Å². The Balaban J connectivity index is 1.96. The number of ketones is 1. The summed E-state index contributed by atoms with van der Waals surface area (Å²) in [6.07, 6.45) is 0. The maximum atomic E-state index is 14.6. The molecule has 1 amide bonds. The van der Waals surface area contributed by atoms with Gasteiger partial charge >= 0.3 is 0 Å². The Kier molecular flexibility index (Phi) is 5.26. The summed E-state index contributed by atoms with van der Waals surface area (Å²) in [7, 11) is 0. The molecule has 0 saturated carbocycles. The van der Waals surface area contributed by atoms with Gasteiger partial charge in [-0.3, -0.25) is 14.5 Å². The molecule has 0 radical (unpaired) electrons. The van der Waals surface area contributed by atoms with Crippen LogP contribution in [0.4, 0.5) is 14.5 Å². The lowest BCUT2D eigenvalue weighted by atomic mass is 9.98. The third-order valence-corrected chi connectivity index (χ3v) is 5.97. The number of nitrogens with zero attached hydrogens (tertiary/aromatic N) is 1. The predicted octanol–water partition coefficient (Wildman–Crippen LogP) is 5.56. The fourth-order valence-electron chi connectivity index (χ4n) is 3.57. The zero-order valence-electron chi connectivity index (χ0n) is 16.4. The molecule has 1 N–H and O–H groups in total. The number of amides is 1. The highest BCUT2D eigenvalue weighted by Crippen LogP contribution is 2.43. The quantitative estimate of drug-likeness (QED) is 0.298. The molecule has 2 heterocycles. The van der Waals surface area contributed by atoms with Crippen molar-refractivity contribution >= 4 is 39.1 Å². The first-order valence-corrected chi connectivity index (χ1v) is 10.1. The van der Waals surface area contributed by atoms with Crippen molar-refractivity contribution in [1.29, 1.82) is 0 Å². The van der Waals surface area contributed by atoms with Crippen LogP contribution in [0.2, 0.25) is 0 Å². The molecule has 1 aromatic heterocycles. The van der Waals surface area contributed by atoms with Gasteiger partial charge in [-0.2, -0.15) is 0 Å². The molecule has 31 heavy (non-hydrogen) atoms. The van der Waals surface area contributed by atoms with Crippen LogP contribution in [0.5, 0.6) is 0 Å². The number of aliphatic hydroxyl groups is 1. The molecular formula is C23H16BrF2NO4. The maximum absolute atomic E-state index is 14.6. The minimum atomic E-state index is -1.22. The summed E-state index contributed by atoms with van der Waals surface area (Å²) < 4.78 is 34.5. The van der Waals surface area contributed by atoms with Crippen LogP contribution in [0.15, 0.2) is 63.0 Å². The van der Waals surface area contributed by atoms with E-state index < -0.39 is 35.1 Å². The standard InChI is InChI=1S/C23H16BrF2NO4/c1-11-9-13(4-6-15(11)24)21(28)19-20(18-8-3-12(2)31-18)27(23(30)22(19)29)17-7-5-14(25)10-16(17)26/h3-10,20,28H,1-2H3/b21-19-. The minimum absolute atomic E-state index is 0.163. The molecule has 8 heteroatoms. The van der Waals surface area contributed by atoms with Crippen LogP contribution in [0, 0.1) is 25.5 Å². The molecular weight excluding hydrogens is 472 g/mol. The molecule has 1 atom stereocenters. The summed E-state index contributed by atoms with van der Waals surface area (Å²) in [6, 6.07) is 9.56. The second kappa shape index (κ2) is 7.77. The second-order valence-corrected chi connectivity index (χ2v) is 8.03. The summed E-state index contributed by atoms with van der Waals surface area (Å²) in [4.78, 5) is 26.8. The number of Topliss-reactive ketones (excluding diaryl/α,β-unsaturated/α-hetero) is 1. The van der Waals surface area contributed by atoms with Gasteiger partial charge in [0.1, 0.15) is 35.0 Å². The van der Waals surface area contributed by atoms with E-state index in [1.54, 1.807) is 44.2 Å². The normalized spacial score (nSPS) is 18.1. The summed E-state index contributed by atoms with van der Waals surface area (Å²) in [6.45, 7) is 3.48. The Morgan fingerprint density at radius 1 is 1.06 bits per heavy atom. The summed E-state index contributed by atoms with van der Waals surface area (Å²) >= 11 is 3.37. The van der Waals surface area contributed by atoms with E-state index in [1.165, 1.54) is 0 Å². The Labute approximate surface area is 184 Å². The first kappa shape index (κ1) is 21.0. The number of aryl methyl sites for hydroxylation is 2. The maximum Gasteiger partial charge on any atom is 0.300 e. The summed E-state index contributed by atoms with van der Waals surface area (Å²) in [5.41, 5.74) is 0.568. The molecule has 4 rings (SSSR count). The van der Waals surface area contributed by atoms with Gasteiger partial charge in [-0.15, -0.1) is 0 Å². The summed E-state index contributed by atoms with van der Waals surface area (Å²) in [5, 5.41) is 11.0. The molecule has 0 aliphatic carbocycles. The highest BCUT2D eigenvalue weighted by atomic mass is 79.9. The van der Waals surface area contributed by atoms with E-state index in [4.69, 9.17) is 4.42 Å². The van der Waals surface area contributed by atoms with Gasteiger partial charge in [0.15, 0.2) is 0 Å². The average Bonchev–Trinajstić information content (AvgIpc) is 3.25. The predicted molar refractivity (Wildman–Crippen MR) is 113 cm³/mol. The molecule has 0 spiro atoms. The topological polar surface area (TPSA) is 70.8 Å². The van der Waals surface area contributed by atoms with Crippen LogP contribution in [0.3, 0.4) is 0 Å². The number of benzene rings is 2. The van der Waals surface area contributed by atoms with Gasteiger partial charge in [0.2, 0.25) is 0 Å². The van der Waals surface area contributed by atoms with E-state index in [2.05, 4.69) is 15.9 Å². The van der Waals surface area contributed by atoms with Crippen LogP contribution in [-0.4, -0.2) is 16.8 Å². The fourth-order valence-corrected chi connectivity index (χ4v) is 3.82. The van der Waals surface area contributed by atoms with Crippen molar-refractivity contribution in [2.45, 2.75) is 19.9 Å². The number of carbonyl (C=O) groups excluding carboxylic acids is 2. The number of hydrogen-bond donors (Lipinski definition) is 1. The Morgan fingerprint density at radius 3 is 2.42 bits per heavy atom. The smallest absolute Gasteiger partial charge is 0.300 e. The average molecular weight is 488 g/mol. The third-order valence-electron chi connectivity index (χ3n) is 5.08. The molecule has 0 bridgehead atoms. The SMILES string of the molecule is Cc1ccc(C2/C(=C(/O)c3ccc(Br)c(C)c3)C(=O)C(=O)N2c2ccc(F)cc2F)o1. The Hall–Kier alpha value is -3.26. The van der Waals surface area contributed by atoms with Crippen molar-refractivity contribution in [2.75, 3.05) is 4.90 Å². The number of hydrogen-bond acceptors (Lipinski definition) is 4. The number of furan rings is 1. The van der Waals surface area contributed by atoms with Crippen LogP contribution in [-0.2, 0) is 9.59 Å². The number of rotatable bonds is 3. The van der Waals surface area contributed by atoms with Crippen molar-refractivity contribution in [3.05, 3.63) is 92.9 Å². The van der Waals surface area contributed by atoms with Crippen molar-refractivity contribution in [3.8, 4) is 0 Å². The van der Waals surface area contributed by atoms with Crippen LogP contribution < -0.4 is 4.90 Å². The number of carbonyl (C=O) groups is 2. The number of aliphatic hydroxyl groups excluding tert-OH is 1. The first-order valence-electron chi connectivity index (χ1n) is 9.28. The first-order chi connectivity index (χ1) is 14.7. The van der Waals surface area contributed by atoms with Gasteiger partial charge in [0, 0.05) is 16.1 Å². The molecule has 158 valence electrons. The number of halogens is 3. The third kappa shape index (κ3) is 3.57.